The van der Waals surface area contributed by atoms with Crippen LogP contribution in [0.3, 0.4) is 0 Å². The van der Waals surface area contributed by atoms with Crippen LogP contribution in [0, 0.1) is 6.92 Å². The van der Waals surface area contributed by atoms with E-state index in [1.807, 2.05) is 35.5 Å². The van der Waals surface area contributed by atoms with Gasteiger partial charge in [0.2, 0.25) is 5.95 Å². The molecule has 6 heteroatoms. The average molecular weight is 277 g/mol. The van der Waals surface area contributed by atoms with E-state index in [0.29, 0.717) is 5.95 Å². The predicted molar refractivity (Wildman–Crippen MR) is 80.4 cm³/mol. The van der Waals surface area contributed by atoms with E-state index in [0.717, 1.165) is 29.8 Å². The lowest BCUT2D eigenvalue weighted by Gasteiger charge is -2.26. The molecule has 0 amide bonds. The topological polar surface area (TPSA) is 60.0 Å². The van der Waals surface area contributed by atoms with Gasteiger partial charge in [0.1, 0.15) is 5.52 Å². The Morgan fingerprint density at radius 2 is 2.11 bits per heavy atom. The van der Waals surface area contributed by atoms with E-state index in [-0.39, 0.29) is 0 Å². The Labute approximate surface area is 117 Å². The maximum atomic E-state index is 6.01. The molecular weight excluding hydrogens is 258 g/mol. The molecule has 2 aromatic rings. The second kappa shape index (κ2) is 5.38. The first kappa shape index (κ1) is 12.7. The van der Waals surface area contributed by atoms with Gasteiger partial charge in [-0.25, -0.2) is 9.97 Å². The molecule has 0 spiro atoms. The summed E-state index contributed by atoms with van der Waals surface area (Å²) in [5.41, 5.74) is 8.92. The van der Waals surface area contributed by atoms with Crippen molar-refractivity contribution in [3.8, 4) is 0 Å². The summed E-state index contributed by atoms with van der Waals surface area (Å²) in [5, 5.41) is 0. The number of pyridine rings is 1. The van der Waals surface area contributed by atoms with Gasteiger partial charge in [0, 0.05) is 43.9 Å². The molecule has 0 aromatic carbocycles. The van der Waals surface area contributed by atoms with Crippen molar-refractivity contribution >= 4 is 28.9 Å². The lowest BCUT2D eigenvalue weighted by molar-refractivity contribution is 0.291. The number of rotatable bonds is 3. The minimum Gasteiger partial charge on any atom is -0.369 e. The first-order valence-corrected chi connectivity index (χ1v) is 7.78. The Morgan fingerprint density at radius 1 is 1.32 bits per heavy atom. The number of anilines is 1. The van der Waals surface area contributed by atoms with Crippen molar-refractivity contribution in [1.29, 1.82) is 0 Å². The van der Waals surface area contributed by atoms with Crippen LogP contribution in [-0.2, 0) is 6.54 Å². The number of hydrogen-bond acceptors (Lipinski definition) is 5. The zero-order chi connectivity index (χ0) is 13.2. The van der Waals surface area contributed by atoms with E-state index in [1.54, 1.807) is 0 Å². The van der Waals surface area contributed by atoms with Crippen LogP contribution in [0.15, 0.2) is 12.3 Å². The highest BCUT2D eigenvalue weighted by atomic mass is 32.2. The highest BCUT2D eigenvalue weighted by Crippen LogP contribution is 2.17. The molecule has 5 nitrogen and oxygen atoms in total. The fourth-order valence-corrected chi connectivity index (χ4v) is 3.39. The third kappa shape index (κ3) is 2.69. The van der Waals surface area contributed by atoms with Crippen LogP contribution in [0.25, 0.3) is 11.2 Å². The van der Waals surface area contributed by atoms with Gasteiger partial charge in [-0.2, -0.15) is 11.8 Å². The van der Waals surface area contributed by atoms with Crippen molar-refractivity contribution in [2.24, 2.45) is 0 Å². The number of thioether (sulfide) groups is 1. The minimum absolute atomic E-state index is 0.569. The highest BCUT2D eigenvalue weighted by Gasteiger charge is 2.13. The summed E-state index contributed by atoms with van der Waals surface area (Å²) in [5.74, 6) is 3.04. The molecule has 0 unspecified atom stereocenters. The highest BCUT2D eigenvalue weighted by molar-refractivity contribution is 7.99. The first-order valence-electron chi connectivity index (χ1n) is 6.62. The van der Waals surface area contributed by atoms with E-state index < -0.39 is 0 Å². The minimum atomic E-state index is 0.569. The van der Waals surface area contributed by atoms with Crippen molar-refractivity contribution in [3.05, 3.63) is 17.8 Å². The van der Waals surface area contributed by atoms with Gasteiger partial charge in [-0.05, 0) is 18.6 Å². The molecule has 1 aliphatic rings. The Kier molecular flexibility index (Phi) is 3.61. The number of imidazole rings is 1. The van der Waals surface area contributed by atoms with Crippen molar-refractivity contribution in [3.63, 3.8) is 0 Å². The summed E-state index contributed by atoms with van der Waals surface area (Å²) in [7, 11) is 0. The Balaban J connectivity index is 1.78. The summed E-state index contributed by atoms with van der Waals surface area (Å²) in [6.45, 7) is 6.25. The molecule has 0 saturated carbocycles. The van der Waals surface area contributed by atoms with E-state index in [2.05, 4.69) is 14.9 Å². The molecule has 0 radical (unpaired) electrons. The molecule has 102 valence electrons. The lowest BCUT2D eigenvalue weighted by Crippen LogP contribution is -2.35. The van der Waals surface area contributed by atoms with Crippen LogP contribution in [0.5, 0.6) is 0 Å². The number of hydrogen-bond donors (Lipinski definition) is 1. The molecular formula is C13H19N5S. The molecule has 0 atom stereocenters. The van der Waals surface area contributed by atoms with Gasteiger partial charge in [-0.15, -0.1) is 0 Å². The fraction of sp³-hybridized carbons (Fsp3) is 0.538. The Hall–Kier alpha value is -1.27. The summed E-state index contributed by atoms with van der Waals surface area (Å²) >= 11 is 2.03. The number of nitrogens with two attached hydrogens (primary N) is 1. The van der Waals surface area contributed by atoms with Gasteiger partial charge in [0.15, 0.2) is 5.65 Å². The maximum absolute atomic E-state index is 6.01. The number of nitrogens with zero attached hydrogens (tertiary/aromatic N) is 4. The zero-order valence-electron chi connectivity index (χ0n) is 11.2. The van der Waals surface area contributed by atoms with Crippen LogP contribution in [0.2, 0.25) is 0 Å². The average Bonchev–Trinajstić information content (AvgIpc) is 2.72. The lowest BCUT2D eigenvalue weighted by atomic mass is 10.3. The van der Waals surface area contributed by atoms with Crippen LogP contribution < -0.4 is 5.73 Å². The quantitative estimate of drug-likeness (QED) is 0.918. The maximum Gasteiger partial charge on any atom is 0.202 e. The second-order valence-electron chi connectivity index (χ2n) is 4.93. The summed E-state index contributed by atoms with van der Waals surface area (Å²) in [6, 6.07) is 2.03. The molecule has 3 rings (SSSR count). The third-order valence-electron chi connectivity index (χ3n) is 3.49. The summed E-state index contributed by atoms with van der Waals surface area (Å²) in [4.78, 5) is 11.3. The monoisotopic (exact) mass is 277 g/mol. The van der Waals surface area contributed by atoms with Gasteiger partial charge < -0.3 is 5.73 Å². The number of aromatic nitrogens is 3. The van der Waals surface area contributed by atoms with Gasteiger partial charge in [-0.1, -0.05) is 0 Å². The van der Waals surface area contributed by atoms with Crippen LogP contribution in [0.4, 0.5) is 5.95 Å². The number of fused-ring (bicyclic) bond motifs is 1. The molecule has 2 aromatic heterocycles. The van der Waals surface area contributed by atoms with Gasteiger partial charge >= 0.3 is 0 Å². The number of aryl methyl sites for hydroxylation is 1. The molecule has 19 heavy (non-hydrogen) atoms. The van der Waals surface area contributed by atoms with Crippen molar-refractivity contribution in [2.75, 3.05) is 36.9 Å². The van der Waals surface area contributed by atoms with Gasteiger partial charge in [0.25, 0.3) is 0 Å². The van der Waals surface area contributed by atoms with Crippen LogP contribution in [-0.4, -0.2) is 50.6 Å². The largest absolute Gasteiger partial charge is 0.369 e. The standard InChI is InChI=1S/C13H19N5S/c1-10-8-11-12(15-9-10)18(13(14)16-11)3-2-17-4-6-19-7-5-17/h8-9H,2-7H2,1H3,(H2,14,16). The molecule has 1 fully saturated rings. The van der Waals surface area contributed by atoms with Gasteiger partial charge in [-0.3, -0.25) is 9.47 Å². The van der Waals surface area contributed by atoms with Gasteiger partial charge in [0.05, 0.1) is 0 Å². The second-order valence-corrected chi connectivity index (χ2v) is 6.16. The van der Waals surface area contributed by atoms with Crippen molar-refractivity contribution < 1.29 is 0 Å². The van der Waals surface area contributed by atoms with E-state index in [1.165, 1.54) is 24.6 Å². The molecule has 3 heterocycles. The molecule has 0 bridgehead atoms. The van der Waals surface area contributed by atoms with Crippen molar-refractivity contribution in [2.45, 2.75) is 13.5 Å². The smallest absolute Gasteiger partial charge is 0.202 e. The van der Waals surface area contributed by atoms with E-state index >= 15 is 0 Å². The fourth-order valence-electron chi connectivity index (χ4n) is 2.42. The molecule has 0 aliphatic carbocycles. The molecule has 2 N–H and O–H groups in total. The Bertz CT molecular complexity index is 574. The van der Waals surface area contributed by atoms with Crippen molar-refractivity contribution in [1.82, 2.24) is 19.4 Å². The zero-order valence-corrected chi connectivity index (χ0v) is 12.0. The third-order valence-corrected chi connectivity index (χ3v) is 4.44. The number of nitrogen functional groups attached to an aromatic ring is 1. The molecule has 1 aliphatic heterocycles. The SMILES string of the molecule is Cc1cnc2c(c1)nc(N)n2CCN1CCSCC1. The van der Waals surface area contributed by atoms with Crippen LogP contribution in [0.1, 0.15) is 5.56 Å². The summed E-state index contributed by atoms with van der Waals surface area (Å²) in [6.07, 6.45) is 1.87. The van der Waals surface area contributed by atoms with E-state index in [9.17, 15) is 0 Å². The normalized spacial score (nSPS) is 17.1. The van der Waals surface area contributed by atoms with Crippen LogP contribution >= 0.6 is 11.8 Å². The molecule has 1 saturated heterocycles. The van der Waals surface area contributed by atoms with E-state index in [4.69, 9.17) is 5.73 Å². The Morgan fingerprint density at radius 3 is 2.89 bits per heavy atom. The summed E-state index contributed by atoms with van der Waals surface area (Å²) < 4.78 is 2.02. The predicted octanol–water partition coefficient (Wildman–Crippen LogP) is 1.37. The first-order chi connectivity index (χ1) is 9.24.